The number of ether oxygens (including phenoxy) is 7. The van der Waals surface area contributed by atoms with E-state index in [0.29, 0.717) is 19.8 Å². The summed E-state index contributed by atoms with van der Waals surface area (Å²) >= 11 is 0. The molecule has 0 aromatic heterocycles. The minimum Gasteiger partial charge on any atom is -0.463 e. The summed E-state index contributed by atoms with van der Waals surface area (Å²) in [6.07, 6.45) is -3.67. The van der Waals surface area contributed by atoms with E-state index in [-0.39, 0.29) is 26.4 Å². The van der Waals surface area contributed by atoms with E-state index in [4.69, 9.17) is 33.2 Å². The maximum Gasteiger partial charge on any atom is 0.302 e. The molecule has 0 aliphatic carbocycles. The summed E-state index contributed by atoms with van der Waals surface area (Å²) in [6, 6.07) is 39.5. The highest BCUT2D eigenvalue weighted by atomic mass is 16.7. The van der Waals surface area contributed by atoms with Gasteiger partial charge in [0.05, 0.1) is 39.6 Å². The van der Waals surface area contributed by atoms with Gasteiger partial charge in [0.2, 0.25) is 0 Å². The van der Waals surface area contributed by atoms with Crippen molar-refractivity contribution in [3.05, 3.63) is 144 Å². The van der Waals surface area contributed by atoms with Crippen LogP contribution in [0.15, 0.2) is 121 Å². The van der Waals surface area contributed by atoms with Gasteiger partial charge in [-0.2, -0.15) is 0 Å². The minimum atomic E-state index is -0.763. The van der Waals surface area contributed by atoms with E-state index < -0.39 is 36.7 Å². The lowest BCUT2D eigenvalue weighted by atomic mass is 10.0. The zero-order valence-electron chi connectivity index (χ0n) is 26.1. The second-order valence-corrected chi connectivity index (χ2v) is 11.0. The molecule has 0 amide bonds. The van der Waals surface area contributed by atoms with Gasteiger partial charge in [-0.1, -0.05) is 121 Å². The first-order valence-electron chi connectivity index (χ1n) is 15.6. The summed E-state index contributed by atoms with van der Waals surface area (Å²) in [5.41, 5.74) is 3.91. The summed E-state index contributed by atoms with van der Waals surface area (Å²) < 4.78 is 44.3. The lowest BCUT2D eigenvalue weighted by Gasteiger charge is -2.38. The molecule has 0 bridgehead atoms. The summed E-state index contributed by atoms with van der Waals surface area (Å²) in [7, 11) is 0. The third-order valence-corrected chi connectivity index (χ3v) is 7.54. The van der Waals surface area contributed by atoms with Crippen molar-refractivity contribution in [2.75, 3.05) is 19.8 Å². The molecule has 242 valence electrons. The van der Waals surface area contributed by atoms with Crippen LogP contribution in [0.4, 0.5) is 0 Å². The summed E-state index contributed by atoms with van der Waals surface area (Å²) in [5.74, 6) is -0.420. The van der Waals surface area contributed by atoms with Crippen molar-refractivity contribution in [1.29, 1.82) is 0 Å². The van der Waals surface area contributed by atoms with Crippen molar-refractivity contribution < 1.29 is 38.0 Å². The molecule has 1 fully saturated rings. The van der Waals surface area contributed by atoms with Crippen LogP contribution in [-0.4, -0.2) is 56.5 Å². The minimum absolute atomic E-state index is 0.0510. The Balaban J connectivity index is 1.50. The molecule has 8 nitrogen and oxygen atoms in total. The average Bonchev–Trinajstić information content (AvgIpc) is 3.64. The van der Waals surface area contributed by atoms with E-state index in [1.807, 2.05) is 121 Å². The normalized spacial score (nSPS) is 16.0. The van der Waals surface area contributed by atoms with E-state index in [1.54, 1.807) is 0 Å². The highest BCUT2D eigenvalue weighted by Gasteiger charge is 2.44. The third-order valence-electron chi connectivity index (χ3n) is 7.54. The monoisotopic (exact) mass is 626 g/mol. The maximum atomic E-state index is 12.1. The molecule has 8 heteroatoms. The van der Waals surface area contributed by atoms with Crippen LogP contribution in [0.5, 0.6) is 0 Å². The molecule has 0 radical (unpaired) electrons. The molecule has 0 spiro atoms. The molecule has 1 aliphatic heterocycles. The molecule has 1 heterocycles. The molecule has 4 aromatic carbocycles. The van der Waals surface area contributed by atoms with Crippen molar-refractivity contribution in [3.63, 3.8) is 0 Å². The smallest absolute Gasteiger partial charge is 0.302 e. The Morgan fingerprint density at radius 2 is 0.978 bits per heavy atom. The van der Waals surface area contributed by atoms with Gasteiger partial charge < -0.3 is 33.2 Å². The van der Waals surface area contributed by atoms with Crippen LogP contribution in [0.2, 0.25) is 0 Å². The van der Waals surface area contributed by atoms with Crippen LogP contribution in [-0.2, 0) is 64.4 Å². The summed E-state index contributed by atoms with van der Waals surface area (Å²) in [6.45, 7) is 3.29. The second kappa shape index (κ2) is 18.3. The molecule has 4 aromatic rings. The molecule has 0 saturated carbocycles. The topological polar surface area (TPSA) is 81.7 Å². The van der Waals surface area contributed by atoms with Crippen molar-refractivity contribution >= 4 is 5.97 Å². The van der Waals surface area contributed by atoms with E-state index in [2.05, 4.69) is 0 Å². The predicted molar refractivity (Wildman–Crippen MR) is 172 cm³/mol. The SMILES string of the molecule is CC(=O)OC[C@@H](OCc1ccccc1)[C@H](OCc1ccccc1)[C@@H](OCc1ccccc1)[C@@H](OCc1ccccc1)C1OCCO1. The van der Waals surface area contributed by atoms with Gasteiger partial charge in [0.15, 0.2) is 6.29 Å². The number of carbonyl (C=O) groups is 1. The average molecular weight is 627 g/mol. The predicted octanol–water partition coefficient (Wildman–Crippen LogP) is 6.26. The second-order valence-electron chi connectivity index (χ2n) is 11.0. The van der Waals surface area contributed by atoms with E-state index in [0.717, 1.165) is 22.3 Å². The number of esters is 1. The van der Waals surface area contributed by atoms with Crippen LogP contribution in [0, 0.1) is 0 Å². The Hall–Kier alpha value is -3.89. The Morgan fingerprint density at radius 3 is 1.41 bits per heavy atom. The molecule has 0 N–H and O–H groups in total. The zero-order valence-corrected chi connectivity index (χ0v) is 26.1. The highest BCUT2D eigenvalue weighted by Crippen LogP contribution is 2.28. The summed E-state index contributed by atoms with van der Waals surface area (Å²) in [4.78, 5) is 12.1. The molecular formula is C38H42O8. The third kappa shape index (κ3) is 10.6. The Labute approximate surface area is 271 Å². The lowest BCUT2D eigenvalue weighted by molar-refractivity contribution is -0.241. The fourth-order valence-electron chi connectivity index (χ4n) is 5.20. The van der Waals surface area contributed by atoms with Crippen LogP contribution in [0.1, 0.15) is 29.2 Å². The maximum absolute atomic E-state index is 12.1. The van der Waals surface area contributed by atoms with Gasteiger partial charge in [0.25, 0.3) is 0 Å². The Kier molecular flexibility index (Phi) is 13.3. The fourth-order valence-corrected chi connectivity index (χ4v) is 5.20. The van der Waals surface area contributed by atoms with E-state index in [9.17, 15) is 4.79 Å². The van der Waals surface area contributed by atoms with Crippen LogP contribution >= 0.6 is 0 Å². The standard InChI is InChI=1S/C38H42O8/c1-29(39)42-28-34(43-24-30-14-6-2-7-15-30)35(44-25-31-16-8-3-9-17-31)36(45-26-32-18-10-4-11-19-32)37(38-40-22-23-41-38)46-27-33-20-12-5-13-21-33/h2-21,34-38H,22-28H2,1H3/t34-,35+,36-,37-/m1/s1. The van der Waals surface area contributed by atoms with Gasteiger partial charge in [-0.05, 0) is 22.3 Å². The Morgan fingerprint density at radius 1 is 0.587 bits per heavy atom. The molecular weight excluding hydrogens is 584 g/mol. The van der Waals surface area contributed by atoms with Gasteiger partial charge in [-0.3, -0.25) is 4.79 Å². The van der Waals surface area contributed by atoms with Crippen molar-refractivity contribution in [2.45, 2.75) is 64.1 Å². The molecule has 0 unspecified atom stereocenters. The van der Waals surface area contributed by atoms with E-state index >= 15 is 0 Å². The van der Waals surface area contributed by atoms with Crippen LogP contribution < -0.4 is 0 Å². The summed E-state index contributed by atoms with van der Waals surface area (Å²) in [5, 5.41) is 0. The molecule has 1 aliphatic rings. The molecule has 5 rings (SSSR count). The number of benzene rings is 4. The number of hydrogen-bond acceptors (Lipinski definition) is 8. The van der Waals surface area contributed by atoms with Crippen molar-refractivity contribution in [2.24, 2.45) is 0 Å². The van der Waals surface area contributed by atoms with Crippen molar-refractivity contribution in [3.8, 4) is 0 Å². The fraction of sp³-hybridized carbons (Fsp3) is 0.342. The van der Waals surface area contributed by atoms with Crippen molar-refractivity contribution in [1.82, 2.24) is 0 Å². The number of hydrogen-bond donors (Lipinski definition) is 0. The molecule has 1 saturated heterocycles. The van der Waals surface area contributed by atoms with Crippen LogP contribution in [0.25, 0.3) is 0 Å². The zero-order chi connectivity index (χ0) is 31.8. The molecule has 46 heavy (non-hydrogen) atoms. The quantitative estimate of drug-likeness (QED) is 0.120. The Bertz CT molecular complexity index is 1400. The lowest BCUT2D eigenvalue weighted by Crippen LogP contribution is -2.54. The van der Waals surface area contributed by atoms with Gasteiger partial charge in [-0.15, -0.1) is 0 Å². The highest BCUT2D eigenvalue weighted by molar-refractivity contribution is 5.65. The van der Waals surface area contributed by atoms with Gasteiger partial charge in [0, 0.05) is 6.92 Å². The van der Waals surface area contributed by atoms with Crippen LogP contribution in [0.3, 0.4) is 0 Å². The van der Waals surface area contributed by atoms with E-state index in [1.165, 1.54) is 6.92 Å². The van der Waals surface area contributed by atoms with Gasteiger partial charge >= 0.3 is 5.97 Å². The largest absolute Gasteiger partial charge is 0.463 e. The van der Waals surface area contributed by atoms with Gasteiger partial charge in [0.1, 0.15) is 31.0 Å². The number of carbonyl (C=O) groups excluding carboxylic acids is 1. The van der Waals surface area contributed by atoms with Gasteiger partial charge in [-0.25, -0.2) is 0 Å². The number of rotatable bonds is 18. The molecule has 4 atom stereocenters. The first-order chi connectivity index (χ1) is 22.7. The first kappa shape index (κ1) is 33.5. The first-order valence-corrected chi connectivity index (χ1v) is 15.6.